The molecule has 4 heterocycles. The van der Waals surface area contributed by atoms with Crippen LogP contribution in [-0.4, -0.2) is 71.5 Å². The minimum atomic E-state index is -1.13. The third-order valence-electron chi connectivity index (χ3n) is 7.24. The monoisotopic (exact) mass is 491 g/mol. The van der Waals surface area contributed by atoms with Crippen molar-refractivity contribution in [3.05, 3.63) is 48.7 Å². The average molecular weight is 492 g/mol. The van der Waals surface area contributed by atoms with Gasteiger partial charge in [-0.1, -0.05) is 19.3 Å². The van der Waals surface area contributed by atoms with Gasteiger partial charge in [0, 0.05) is 28.7 Å². The molecule has 1 aromatic carbocycles. The SMILES string of the molecule is O=C(N[C@@H]1[C@H](O)[C@@H](CO)O[C@H]1n1cnc2c(NC3CCCCC3)ncnc21)c1ccc2[nH]ccc2c1. The molecule has 2 fully saturated rings. The molecule has 1 amide bonds. The molecular weight excluding hydrogens is 462 g/mol. The van der Waals surface area contributed by atoms with E-state index in [9.17, 15) is 15.0 Å². The highest BCUT2D eigenvalue weighted by Crippen LogP contribution is 2.33. The number of fused-ring (bicyclic) bond motifs is 2. The molecule has 1 aliphatic carbocycles. The number of hydrogen-bond acceptors (Lipinski definition) is 8. The fourth-order valence-electron chi connectivity index (χ4n) is 5.30. The first-order valence-electron chi connectivity index (χ1n) is 12.4. The molecule has 4 aromatic rings. The minimum absolute atomic E-state index is 0.342. The molecule has 2 aliphatic rings. The van der Waals surface area contributed by atoms with E-state index in [4.69, 9.17) is 4.74 Å². The lowest BCUT2D eigenvalue weighted by molar-refractivity contribution is -0.0440. The van der Waals surface area contributed by atoms with Crippen LogP contribution in [0.2, 0.25) is 0 Å². The molecule has 3 aromatic heterocycles. The van der Waals surface area contributed by atoms with Crippen molar-refractivity contribution in [2.75, 3.05) is 11.9 Å². The molecule has 1 saturated heterocycles. The summed E-state index contributed by atoms with van der Waals surface area (Å²) in [5.74, 6) is 0.302. The number of carbonyl (C=O) groups is 1. The van der Waals surface area contributed by atoms with Gasteiger partial charge in [0.15, 0.2) is 23.2 Å². The van der Waals surface area contributed by atoms with E-state index in [0.29, 0.717) is 28.6 Å². The summed E-state index contributed by atoms with van der Waals surface area (Å²) in [6.45, 7) is -0.393. The van der Waals surface area contributed by atoms with Crippen molar-refractivity contribution in [3.8, 4) is 0 Å². The Balaban J connectivity index is 1.29. The first-order chi connectivity index (χ1) is 17.6. The Morgan fingerprint density at radius 1 is 1.17 bits per heavy atom. The number of aliphatic hydroxyl groups excluding tert-OH is 2. The lowest BCUT2D eigenvalue weighted by atomic mass is 9.95. The molecule has 1 saturated carbocycles. The highest BCUT2D eigenvalue weighted by Gasteiger charge is 2.46. The van der Waals surface area contributed by atoms with Crippen molar-refractivity contribution >= 4 is 33.8 Å². The number of nitrogens with zero attached hydrogens (tertiary/aromatic N) is 4. The summed E-state index contributed by atoms with van der Waals surface area (Å²) in [6.07, 6.45) is 7.86. The highest BCUT2D eigenvalue weighted by atomic mass is 16.5. The predicted octanol–water partition coefficient (Wildman–Crippen LogP) is 2.10. The van der Waals surface area contributed by atoms with Gasteiger partial charge in [0.05, 0.1) is 12.9 Å². The third-order valence-corrected chi connectivity index (χ3v) is 7.24. The quantitative estimate of drug-likeness (QED) is 0.275. The molecule has 4 atom stereocenters. The average Bonchev–Trinajstić information content (AvgIpc) is 3.62. The van der Waals surface area contributed by atoms with Crippen LogP contribution in [0.5, 0.6) is 0 Å². The Bertz CT molecular complexity index is 1380. The van der Waals surface area contributed by atoms with E-state index in [1.807, 2.05) is 18.3 Å². The van der Waals surface area contributed by atoms with E-state index in [-0.39, 0.29) is 5.91 Å². The molecular formula is C25H29N7O4. The van der Waals surface area contributed by atoms with Gasteiger partial charge in [0.2, 0.25) is 0 Å². The number of aromatic nitrogens is 5. The fraction of sp³-hybridized carbons (Fsp3) is 0.440. The number of ether oxygens (including phenoxy) is 1. The molecule has 6 rings (SSSR count). The zero-order chi connectivity index (χ0) is 24.6. The second-order valence-corrected chi connectivity index (χ2v) is 9.54. The second-order valence-electron chi connectivity index (χ2n) is 9.54. The molecule has 1 aliphatic heterocycles. The molecule has 5 N–H and O–H groups in total. The van der Waals surface area contributed by atoms with Gasteiger partial charge in [-0.15, -0.1) is 0 Å². The van der Waals surface area contributed by atoms with Crippen molar-refractivity contribution in [2.45, 2.75) is 62.6 Å². The van der Waals surface area contributed by atoms with Gasteiger partial charge in [-0.25, -0.2) is 15.0 Å². The number of H-pyrrole nitrogens is 1. The van der Waals surface area contributed by atoms with Crippen molar-refractivity contribution in [3.63, 3.8) is 0 Å². The van der Waals surface area contributed by atoms with Gasteiger partial charge in [-0.2, -0.15) is 0 Å². The standard InChI is InChI=1S/C25H29N7O4/c33-11-18-21(34)19(31-24(35)15-6-7-17-14(10-15)8-9-26-17)25(36-18)32-13-29-20-22(27-12-28-23(20)32)30-16-4-2-1-3-5-16/h6-10,12-13,16,18-19,21,25-26,33-34H,1-5,11H2,(H,31,35)(H,27,28,30)/t18-,19-,21-,25-/m1/s1. The number of aromatic amines is 1. The van der Waals surface area contributed by atoms with E-state index < -0.39 is 31.1 Å². The number of carbonyl (C=O) groups excluding carboxylic acids is 1. The predicted molar refractivity (Wildman–Crippen MR) is 132 cm³/mol. The van der Waals surface area contributed by atoms with Crippen LogP contribution in [0, 0.1) is 0 Å². The van der Waals surface area contributed by atoms with E-state index in [1.165, 1.54) is 25.6 Å². The smallest absolute Gasteiger partial charge is 0.251 e. The minimum Gasteiger partial charge on any atom is -0.394 e. The van der Waals surface area contributed by atoms with Crippen LogP contribution >= 0.6 is 0 Å². The third kappa shape index (κ3) is 4.08. The van der Waals surface area contributed by atoms with Crippen LogP contribution in [0.4, 0.5) is 5.82 Å². The first-order valence-corrected chi connectivity index (χ1v) is 12.4. The van der Waals surface area contributed by atoms with Crippen LogP contribution in [0.25, 0.3) is 22.1 Å². The molecule has 0 bridgehead atoms. The number of rotatable bonds is 6. The maximum Gasteiger partial charge on any atom is 0.251 e. The Kier molecular flexibility index (Phi) is 6.04. The zero-order valence-electron chi connectivity index (χ0n) is 19.7. The lowest BCUT2D eigenvalue weighted by Gasteiger charge is -2.24. The van der Waals surface area contributed by atoms with Crippen molar-refractivity contribution < 1.29 is 19.7 Å². The summed E-state index contributed by atoms with van der Waals surface area (Å²) < 4.78 is 7.68. The second kappa shape index (κ2) is 9.49. The van der Waals surface area contributed by atoms with Crippen LogP contribution in [0.15, 0.2) is 43.1 Å². The summed E-state index contributed by atoms with van der Waals surface area (Å²) >= 11 is 0. The highest BCUT2D eigenvalue weighted by molar-refractivity contribution is 5.98. The van der Waals surface area contributed by atoms with Gasteiger partial charge in [0.25, 0.3) is 5.91 Å². The van der Waals surface area contributed by atoms with Crippen molar-refractivity contribution in [1.29, 1.82) is 0 Å². The molecule has 11 nitrogen and oxygen atoms in total. The Hall–Kier alpha value is -3.54. The topological polar surface area (TPSA) is 150 Å². The Morgan fingerprint density at radius 3 is 2.86 bits per heavy atom. The van der Waals surface area contributed by atoms with Gasteiger partial charge < -0.3 is 30.6 Å². The van der Waals surface area contributed by atoms with Crippen molar-refractivity contribution in [1.82, 2.24) is 29.8 Å². The molecule has 36 heavy (non-hydrogen) atoms. The molecule has 0 spiro atoms. The van der Waals surface area contributed by atoms with E-state index in [0.717, 1.165) is 23.7 Å². The first kappa shape index (κ1) is 22.9. The number of imidazole rings is 1. The number of amides is 1. The summed E-state index contributed by atoms with van der Waals surface area (Å²) in [5.41, 5.74) is 2.50. The molecule has 11 heteroatoms. The number of nitrogens with one attached hydrogen (secondary N) is 3. The van der Waals surface area contributed by atoms with Gasteiger partial charge in [-0.3, -0.25) is 9.36 Å². The largest absolute Gasteiger partial charge is 0.394 e. The molecule has 0 unspecified atom stereocenters. The maximum absolute atomic E-state index is 13.2. The summed E-state index contributed by atoms with van der Waals surface area (Å²) in [4.78, 5) is 29.6. The number of hydrogen-bond donors (Lipinski definition) is 5. The van der Waals surface area contributed by atoms with Gasteiger partial charge in [-0.05, 0) is 37.1 Å². The number of anilines is 1. The van der Waals surface area contributed by atoms with E-state index >= 15 is 0 Å². The lowest BCUT2D eigenvalue weighted by Crippen LogP contribution is -2.46. The summed E-state index contributed by atoms with van der Waals surface area (Å²) in [7, 11) is 0. The summed E-state index contributed by atoms with van der Waals surface area (Å²) in [5, 5.41) is 28.0. The van der Waals surface area contributed by atoms with Crippen molar-refractivity contribution in [2.24, 2.45) is 0 Å². The number of aliphatic hydroxyl groups is 2. The van der Waals surface area contributed by atoms with Crippen LogP contribution < -0.4 is 10.6 Å². The summed E-state index contributed by atoms with van der Waals surface area (Å²) in [6, 6.07) is 6.73. The maximum atomic E-state index is 13.2. The Morgan fingerprint density at radius 2 is 2.03 bits per heavy atom. The van der Waals surface area contributed by atoms with Gasteiger partial charge >= 0.3 is 0 Å². The Labute approximate surface area is 206 Å². The number of benzene rings is 1. The normalized spacial score (nSPS) is 24.9. The fourth-order valence-corrected chi connectivity index (χ4v) is 5.30. The van der Waals surface area contributed by atoms with E-state index in [1.54, 1.807) is 23.0 Å². The van der Waals surface area contributed by atoms with E-state index in [2.05, 4.69) is 30.6 Å². The van der Waals surface area contributed by atoms with Crippen LogP contribution in [0.1, 0.15) is 48.7 Å². The van der Waals surface area contributed by atoms with Crippen LogP contribution in [-0.2, 0) is 4.74 Å². The molecule has 0 radical (unpaired) electrons. The van der Waals surface area contributed by atoms with Crippen LogP contribution in [0.3, 0.4) is 0 Å². The molecule has 188 valence electrons. The van der Waals surface area contributed by atoms with Gasteiger partial charge in [0.1, 0.15) is 24.6 Å². The zero-order valence-corrected chi connectivity index (χ0v) is 19.7.